The molecule has 9 nitrogen and oxygen atoms in total. The Labute approximate surface area is 158 Å². The minimum atomic E-state index is -0.594. The number of primary amides is 1. The van der Waals surface area contributed by atoms with E-state index in [9.17, 15) is 4.79 Å². The van der Waals surface area contributed by atoms with E-state index in [0.717, 1.165) is 25.3 Å². The van der Waals surface area contributed by atoms with Crippen LogP contribution in [0.5, 0.6) is 0 Å². The first-order chi connectivity index (χ1) is 13.0. The van der Waals surface area contributed by atoms with Crippen molar-refractivity contribution in [2.75, 3.05) is 38.6 Å². The Balaban J connectivity index is 1.87. The number of anilines is 1. The van der Waals surface area contributed by atoms with Gasteiger partial charge in [0.25, 0.3) is 5.91 Å². The summed E-state index contributed by atoms with van der Waals surface area (Å²) in [4.78, 5) is 34.7. The van der Waals surface area contributed by atoms with Crippen LogP contribution in [0, 0.1) is 0 Å². The fourth-order valence-electron chi connectivity index (χ4n) is 3.12. The standard InChI is InChI=1S/C18H24N8O/c1-20-10-15(25-9-7-21-14(12-25)17(19)27)18-22-6-4-16(23-18)26-8-5-13(11-26)24(2)3/h4,6-7,10,12-13H,1,5,8-9,11H2,2-3H3,(H2,19,27)/b15-10-. The lowest BCUT2D eigenvalue weighted by atomic mass is 10.2. The molecule has 2 N–H and O–H groups in total. The van der Waals surface area contributed by atoms with Crippen molar-refractivity contribution in [2.24, 2.45) is 15.7 Å². The average Bonchev–Trinajstić information content (AvgIpc) is 3.17. The number of aliphatic imine (C=N–C) groups is 2. The van der Waals surface area contributed by atoms with Gasteiger partial charge in [-0.15, -0.1) is 0 Å². The predicted octanol–water partition coefficient (Wildman–Crippen LogP) is 0.329. The molecular weight excluding hydrogens is 344 g/mol. The van der Waals surface area contributed by atoms with Crippen molar-refractivity contribution in [1.82, 2.24) is 19.8 Å². The number of hydrogen-bond donors (Lipinski definition) is 1. The lowest BCUT2D eigenvalue weighted by Gasteiger charge is -2.24. The van der Waals surface area contributed by atoms with Crippen LogP contribution in [0.4, 0.5) is 5.82 Å². The van der Waals surface area contributed by atoms with Gasteiger partial charge in [-0.1, -0.05) is 0 Å². The van der Waals surface area contributed by atoms with Gasteiger partial charge >= 0.3 is 0 Å². The smallest absolute Gasteiger partial charge is 0.268 e. The second-order valence-corrected chi connectivity index (χ2v) is 6.63. The van der Waals surface area contributed by atoms with Gasteiger partial charge in [-0.05, 0) is 33.3 Å². The Bertz CT molecular complexity index is 813. The molecule has 1 aromatic heterocycles. The average molecular weight is 368 g/mol. The Morgan fingerprint density at radius 3 is 2.96 bits per heavy atom. The molecule has 0 aromatic carbocycles. The molecule has 0 bridgehead atoms. The summed E-state index contributed by atoms with van der Waals surface area (Å²) in [5.74, 6) is 0.774. The number of carbonyl (C=O) groups excluding carboxylic acids is 1. The van der Waals surface area contributed by atoms with Gasteiger partial charge in [0.05, 0.1) is 12.7 Å². The van der Waals surface area contributed by atoms with E-state index in [2.05, 4.69) is 45.6 Å². The van der Waals surface area contributed by atoms with Crippen molar-refractivity contribution >= 4 is 30.4 Å². The highest BCUT2D eigenvalue weighted by molar-refractivity contribution is 5.94. The van der Waals surface area contributed by atoms with Crippen LogP contribution < -0.4 is 10.6 Å². The summed E-state index contributed by atoms with van der Waals surface area (Å²) in [5.41, 5.74) is 6.13. The van der Waals surface area contributed by atoms with Gasteiger partial charge in [0, 0.05) is 37.7 Å². The second-order valence-electron chi connectivity index (χ2n) is 6.63. The van der Waals surface area contributed by atoms with E-state index in [1.54, 1.807) is 29.7 Å². The number of likely N-dealkylation sites (N-methyl/N-ethyl adjacent to an activating group) is 1. The van der Waals surface area contributed by atoms with Crippen molar-refractivity contribution in [3.63, 3.8) is 0 Å². The van der Waals surface area contributed by atoms with Crippen molar-refractivity contribution in [3.05, 3.63) is 36.2 Å². The first-order valence-electron chi connectivity index (χ1n) is 8.71. The van der Waals surface area contributed by atoms with Crippen molar-refractivity contribution < 1.29 is 4.79 Å². The van der Waals surface area contributed by atoms with Crippen LogP contribution in [0.3, 0.4) is 0 Å². The summed E-state index contributed by atoms with van der Waals surface area (Å²) in [6.07, 6.45) is 7.58. The van der Waals surface area contributed by atoms with Gasteiger partial charge in [-0.2, -0.15) is 0 Å². The zero-order valence-electron chi connectivity index (χ0n) is 15.6. The van der Waals surface area contributed by atoms with Gasteiger partial charge in [0.1, 0.15) is 17.2 Å². The number of hydrogen-bond acceptors (Lipinski definition) is 8. The summed E-state index contributed by atoms with van der Waals surface area (Å²) in [7, 11) is 4.19. The number of nitrogens with two attached hydrogens (primary N) is 1. The molecular formula is C18H24N8O. The summed E-state index contributed by atoms with van der Waals surface area (Å²) < 4.78 is 0. The van der Waals surface area contributed by atoms with E-state index in [1.165, 1.54) is 0 Å². The van der Waals surface area contributed by atoms with E-state index in [0.29, 0.717) is 24.1 Å². The van der Waals surface area contributed by atoms with E-state index in [1.807, 2.05) is 6.07 Å². The molecule has 0 spiro atoms. The molecule has 0 saturated carbocycles. The van der Waals surface area contributed by atoms with Crippen LogP contribution in [0.15, 0.2) is 40.3 Å². The predicted molar refractivity (Wildman–Crippen MR) is 106 cm³/mol. The van der Waals surface area contributed by atoms with Crippen molar-refractivity contribution in [3.8, 4) is 0 Å². The zero-order valence-corrected chi connectivity index (χ0v) is 15.6. The number of carbonyl (C=O) groups is 1. The molecule has 1 saturated heterocycles. The van der Waals surface area contributed by atoms with Crippen LogP contribution in [-0.2, 0) is 4.79 Å². The quantitative estimate of drug-likeness (QED) is 0.726. The normalized spacial score (nSPS) is 20.2. The van der Waals surface area contributed by atoms with Gasteiger partial charge in [-0.25, -0.2) is 9.97 Å². The van der Waals surface area contributed by atoms with Gasteiger partial charge in [-0.3, -0.25) is 14.8 Å². The summed E-state index contributed by atoms with van der Waals surface area (Å²) in [6, 6.07) is 2.41. The fraction of sp³-hybridized carbons (Fsp3) is 0.389. The summed E-state index contributed by atoms with van der Waals surface area (Å²) in [6.45, 7) is 5.86. The molecule has 142 valence electrons. The lowest BCUT2D eigenvalue weighted by molar-refractivity contribution is -0.114. The highest BCUT2D eigenvalue weighted by Gasteiger charge is 2.26. The Morgan fingerprint density at radius 1 is 1.48 bits per heavy atom. The lowest BCUT2D eigenvalue weighted by Crippen LogP contribution is -2.32. The molecule has 1 atom stereocenters. The molecule has 1 unspecified atom stereocenters. The van der Waals surface area contributed by atoms with Crippen molar-refractivity contribution in [2.45, 2.75) is 12.5 Å². The molecule has 1 amide bonds. The van der Waals surface area contributed by atoms with Gasteiger partial charge in [0.2, 0.25) is 0 Å². The maximum Gasteiger partial charge on any atom is 0.268 e. The molecule has 3 rings (SSSR count). The number of amides is 1. The Kier molecular flexibility index (Phi) is 5.60. The van der Waals surface area contributed by atoms with E-state index >= 15 is 0 Å². The molecule has 2 aliphatic rings. The monoisotopic (exact) mass is 368 g/mol. The number of aromatic nitrogens is 2. The third-order valence-electron chi connectivity index (χ3n) is 4.65. The highest BCUT2D eigenvalue weighted by atomic mass is 16.1. The van der Waals surface area contributed by atoms with E-state index in [-0.39, 0.29) is 5.70 Å². The SMILES string of the molecule is C=N/C=C(/c1nccc(N2CCC(N(C)C)C2)n1)N1C=C(C(N)=O)N=CC1. The van der Waals surface area contributed by atoms with Crippen LogP contribution in [0.25, 0.3) is 5.70 Å². The Morgan fingerprint density at radius 2 is 2.30 bits per heavy atom. The van der Waals surface area contributed by atoms with Crippen LogP contribution in [-0.4, -0.2) is 78.4 Å². The molecule has 9 heteroatoms. The van der Waals surface area contributed by atoms with E-state index in [4.69, 9.17) is 10.7 Å². The van der Waals surface area contributed by atoms with Crippen LogP contribution in [0.1, 0.15) is 12.2 Å². The summed E-state index contributed by atoms with van der Waals surface area (Å²) in [5, 5.41) is 0. The first kappa shape index (κ1) is 18.7. The molecule has 0 radical (unpaired) electrons. The second kappa shape index (κ2) is 8.09. The largest absolute Gasteiger partial charge is 0.364 e. The summed E-state index contributed by atoms with van der Waals surface area (Å²) >= 11 is 0. The van der Waals surface area contributed by atoms with Crippen LogP contribution >= 0.6 is 0 Å². The van der Waals surface area contributed by atoms with Crippen LogP contribution in [0.2, 0.25) is 0 Å². The molecule has 1 aromatic rings. The van der Waals surface area contributed by atoms with Crippen molar-refractivity contribution in [1.29, 1.82) is 0 Å². The minimum Gasteiger partial charge on any atom is -0.364 e. The van der Waals surface area contributed by atoms with E-state index < -0.39 is 5.91 Å². The molecule has 27 heavy (non-hydrogen) atoms. The third kappa shape index (κ3) is 4.20. The molecule has 0 aliphatic carbocycles. The number of nitrogens with zero attached hydrogens (tertiary/aromatic N) is 7. The minimum absolute atomic E-state index is 0.167. The molecule has 2 aliphatic heterocycles. The molecule has 3 heterocycles. The Hall–Kier alpha value is -3.07. The third-order valence-corrected chi connectivity index (χ3v) is 4.65. The molecule has 1 fully saturated rings. The topological polar surface area (TPSA) is 103 Å². The first-order valence-corrected chi connectivity index (χ1v) is 8.71. The maximum atomic E-state index is 11.4. The number of rotatable bonds is 6. The van der Waals surface area contributed by atoms with Gasteiger partial charge in [0.15, 0.2) is 5.82 Å². The zero-order chi connectivity index (χ0) is 19.4. The fourth-order valence-corrected chi connectivity index (χ4v) is 3.12. The maximum absolute atomic E-state index is 11.4. The van der Waals surface area contributed by atoms with Gasteiger partial charge < -0.3 is 20.4 Å². The highest BCUT2D eigenvalue weighted by Crippen LogP contribution is 2.24.